The molecular weight excluding hydrogens is 370 g/mol. The second kappa shape index (κ2) is 8.50. The van der Waals surface area contributed by atoms with Gasteiger partial charge >= 0.3 is 0 Å². The zero-order chi connectivity index (χ0) is 20.3. The van der Waals surface area contributed by atoms with Crippen LogP contribution in [0.1, 0.15) is 0 Å². The van der Waals surface area contributed by atoms with Crippen molar-refractivity contribution < 1.29 is 5.11 Å². The summed E-state index contributed by atoms with van der Waals surface area (Å²) in [6.07, 6.45) is 0. The van der Waals surface area contributed by atoms with Crippen LogP contribution in [0.2, 0.25) is 0 Å². The molecule has 2 aromatic carbocycles. The van der Waals surface area contributed by atoms with Gasteiger partial charge in [0.15, 0.2) is 0 Å². The first kappa shape index (κ1) is 20.0. The van der Waals surface area contributed by atoms with Crippen LogP contribution in [0.5, 0.6) is 0 Å². The van der Waals surface area contributed by atoms with Crippen molar-refractivity contribution in [2.24, 2.45) is 0 Å². The lowest BCUT2D eigenvalue weighted by Gasteiger charge is -2.16. The van der Waals surface area contributed by atoms with Gasteiger partial charge in [0.2, 0.25) is 4.77 Å². The lowest BCUT2D eigenvalue weighted by atomic mass is 10.0. The van der Waals surface area contributed by atoms with Gasteiger partial charge in [0, 0.05) is 50.7 Å². The Kier molecular flexibility index (Phi) is 6.06. The molecule has 1 aromatic heterocycles. The third kappa shape index (κ3) is 4.21. The summed E-state index contributed by atoms with van der Waals surface area (Å²) in [6, 6.07) is 16.3. The molecule has 0 aliphatic rings. The molecule has 0 aliphatic carbocycles. The Morgan fingerprint density at radius 2 is 1.29 bits per heavy atom. The number of aromatic nitrogens is 3. The number of aliphatic hydroxyl groups excluding tert-OH is 1. The molecule has 0 amide bonds. The van der Waals surface area contributed by atoms with Gasteiger partial charge in [0.05, 0.1) is 13.2 Å². The highest BCUT2D eigenvalue weighted by molar-refractivity contribution is 7.71. The van der Waals surface area contributed by atoms with Gasteiger partial charge in [-0.15, -0.1) is 0 Å². The van der Waals surface area contributed by atoms with Crippen molar-refractivity contribution in [3.8, 4) is 22.5 Å². The fourth-order valence-corrected chi connectivity index (χ4v) is 3.11. The molecule has 0 fully saturated rings. The van der Waals surface area contributed by atoms with Gasteiger partial charge in [0.25, 0.3) is 0 Å². The standard InChI is InChI=1S/C21H25N5OS/c1-24(2)17-9-5-15(6-10-17)19-20(23-26(13-14-27)21(28)22-19)16-7-11-18(12-8-16)25(3)4/h5-12,27H,13-14H2,1-4H3. The molecule has 0 aliphatic heterocycles. The van der Waals surface area contributed by atoms with Crippen molar-refractivity contribution in [1.82, 2.24) is 14.8 Å². The molecule has 7 heteroatoms. The van der Waals surface area contributed by atoms with Gasteiger partial charge < -0.3 is 14.9 Å². The van der Waals surface area contributed by atoms with Crippen LogP contribution in [-0.4, -0.2) is 54.7 Å². The molecule has 3 aromatic rings. The fourth-order valence-electron chi connectivity index (χ4n) is 2.89. The summed E-state index contributed by atoms with van der Waals surface area (Å²) >= 11 is 5.40. The second-order valence-corrected chi connectivity index (χ2v) is 7.29. The number of aliphatic hydroxyl groups is 1. The van der Waals surface area contributed by atoms with Crippen LogP contribution in [0.25, 0.3) is 22.5 Å². The van der Waals surface area contributed by atoms with E-state index in [4.69, 9.17) is 17.3 Å². The van der Waals surface area contributed by atoms with Gasteiger partial charge in [-0.2, -0.15) is 5.10 Å². The monoisotopic (exact) mass is 395 g/mol. The summed E-state index contributed by atoms with van der Waals surface area (Å²) in [5.74, 6) is 0. The molecule has 3 rings (SSSR count). The van der Waals surface area contributed by atoms with Crippen molar-refractivity contribution in [2.75, 3.05) is 44.6 Å². The highest BCUT2D eigenvalue weighted by atomic mass is 32.1. The largest absolute Gasteiger partial charge is 0.394 e. The molecule has 0 radical (unpaired) electrons. The number of anilines is 2. The Balaban J connectivity index is 2.15. The van der Waals surface area contributed by atoms with Gasteiger partial charge in [-0.25, -0.2) is 9.67 Å². The summed E-state index contributed by atoms with van der Waals surface area (Å²) in [5.41, 5.74) is 5.60. The van der Waals surface area contributed by atoms with Crippen LogP contribution in [-0.2, 0) is 6.54 Å². The minimum atomic E-state index is -0.0428. The van der Waals surface area contributed by atoms with Crippen LogP contribution in [0.4, 0.5) is 11.4 Å². The predicted molar refractivity (Wildman–Crippen MR) is 117 cm³/mol. The van der Waals surface area contributed by atoms with Crippen LogP contribution in [0.15, 0.2) is 48.5 Å². The average Bonchev–Trinajstić information content (AvgIpc) is 2.69. The Labute approximate surface area is 170 Å². The third-order valence-corrected chi connectivity index (χ3v) is 4.80. The molecule has 0 saturated heterocycles. The molecule has 6 nitrogen and oxygen atoms in total. The summed E-state index contributed by atoms with van der Waals surface area (Å²) < 4.78 is 1.93. The quantitative estimate of drug-likeness (QED) is 0.645. The van der Waals surface area contributed by atoms with Gasteiger partial charge in [0.1, 0.15) is 11.4 Å². The molecule has 0 bridgehead atoms. The first-order valence-electron chi connectivity index (χ1n) is 9.06. The Morgan fingerprint density at radius 1 is 0.821 bits per heavy atom. The number of hydrogen-bond donors (Lipinski definition) is 1. The summed E-state index contributed by atoms with van der Waals surface area (Å²) in [5, 5.41) is 14.0. The van der Waals surface area contributed by atoms with E-state index in [1.807, 2.05) is 76.7 Å². The van der Waals surface area contributed by atoms with Crippen molar-refractivity contribution in [3.63, 3.8) is 0 Å². The van der Waals surface area contributed by atoms with Crippen molar-refractivity contribution >= 4 is 23.6 Å². The van der Waals surface area contributed by atoms with E-state index in [2.05, 4.69) is 14.8 Å². The first-order valence-corrected chi connectivity index (χ1v) is 9.47. The maximum absolute atomic E-state index is 9.33. The SMILES string of the molecule is CN(C)c1ccc(-c2nc(=S)n(CCO)nc2-c2ccc(N(C)C)cc2)cc1. The van der Waals surface area contributed by atoms with E-state index < -0.39 is 0 Å². The summed E-state index contributed by atoms with van der Waals surface area (Å²) in [4.78, 5) is 8.75. The molecule has 0 spiro atoms. The van der Waals surface area contributed by atoms with E-state index in [0.717, 1.165) is 33.9 Å². The summed E-state index contributed by atoms with van der Waals surface area (Å²) in [6.45, 7) is 0.271. The van der Waals surface area contributed by atoms with E-state index in [9.17, 15) is 5.11 Å². The normalized spacial score (nSPS) is 10.8. The predicted octanol–water partition coefficient (Wildman–Crippen LogP) is 3.47. The topological polar surface area (TPSA) is 57.4 Å². The maximum atomic E-state index is 9.33. The van der Waals surface area contributed by atoms with Gasteiger partial charge in [-0.1, -0.05) is 24.3 Å². The van der Waals surface area contributed by atoms with Gasteiger partial charge in [-0.05, 0) is 36.5 Å². The first-order chi connectivity index (χ1) is 13.4. The molecular formula is C21H25N5OS. The van der Waals surface area contributed by atoms with E-state index in [1.54, 1.807) is 4.68 Å². The van der Waals surface area contributed by atoms with E-state index >= 15 is 0 Å². The van der Waals surface area contributed by atoms with E-state index in [1.165, 1.54) is 0 Å². The van der Waals surface area contributed by atoms with Crippen LogP contribution >= 0.6 is 12.2 Å². The number of rotatable bonds is 6. The third-order valence-electron chi connectivity index (χ3n) is 4.50. The molecule has 146 valence electrons. The second-order valence-electron chi connectivity index (χ2n) is 6.92. The molecule has 0 saturated carbocycles. The number of nitrogens with zero attached hydrogens (tertiary/aromatic N) is 5. The zero-order valence-electron chi connectivity index (χ0n) is 16.6. The lowest BCUT2D eigenvalue weighted by Crippen LogP contribution is -2.13. The molecule has 1 heterocycles. The Bertz CT molecular complexity index is 995. The smallest absolute Gasteiger partial charge is 0.216 e. The van der Waals surface area contributed by atoms with Crippen LogP contribution < -0.4 is 9.80 Å². The highest BCUT2D eigenvalue weighted by Gasteiger charge is 2.14. The minimum absolute atomic E-state index is 0.0428. The van der Waals surface area contributed by atoms with E-state index in [-0.39, 0.29) is 6.61 Å². The Morgan fingerprint density at radius 3 is 1.71 bits per heavy atom. The van der Waals surface area contributed by atoms with Crippen molar-refractivity contribution in [2.45, 2.75) is 6.54 Å². The average molecular weight is 396 g/mol. The molecule has 0 atom stereocenters. The Hall–Kier alpha value is -2.77. The molecule has 28 heavy (non-hydrogen) atoms. The van der Waals surface area contributed by atoms with Crippen LogP contribution in [0, 0.1) is 4.77 Å². The van der Waals surface area contributed by atoms with E-state index in [0.29, 0.717) is 11.3 Å². The number of hydrogen-bond acceptors (Lipinski definition) is 6. The van der Waals surface area contributed by atoms with Crippen molar-refractivity contribution in [1.29, 1.82) is 0 Å². The van der Waals surface area contributed by atoms with Gasteiger partial charge in [-0.3, -0.25) is 0 Å². The maximum Gasteiger partial charge on any atom is 0.216 e. The number of benzene rings is 2. The molecule has 0 unspecified atom stereocenters. The van der Waals surface area contributed by atoms with Crippen molar-refractivity contribution in [3.05, 3.63) is 53.3 Å². The zero-order valence-corrected chi connectivity index (χ0v) is 17.4. The minimum Gasteiger partial charge on any atom is -0.394 e. The highest BCUT2D eigenvalue weighted by Crippen LogP contribution is 2.30. The fraction of sp³-hybridized carbons (Fsp3) is 0.286. The summed E-state index contributed by atoms with van der Waals surface area (Å²) in [7, 11) is 8.03. The van der Waals surface area contributed by atoms with Crippen LogP contribution in [0.3, 0.4) is 0 Å². The lowest BCUT2D eigenvalue weighted by molar-refractivity contribution is 0.266. The molecule has 1 N–H and O–H groups in total.